The Morgan fingerprint density at radius 3 is 2.59 bits per heavy atom. The number of hydrogen-bond donors (Lipinski definition) is 0. The number of fused-ring (bicyclic) bond motifs is 1. The number of nitriles is 1. The van der Waals surface area contributed by atoms with Crippen molar-refractivity contribution in [2.75, 3.05) is 30.8 Å². The number of rotatable bonds is 5. The van der Waals surface area contributed by atoms with E-state index in [1.54, 1.807) is 23.1 Å². The van der Waals surface area contributed by atoms with Crippen LogP contribution in [-0.2, 0) is 21.0 Å². The molecule has 0 bridgehead atoms. The number of ether oxygens (including phenoxy) is 2. The number of carbonyl (C=O) groups is 1. The van der Waals surface area contributed by atoms with Gasteiger partial charge in [0.25, 0.3) is 0 Å². The molecule has 0 radical (unpaired) electrons. The van der Waals surface area contributed by atoms with Gasteiger partial charge in [-0.05, 0) is 44.0 Å². The largest absolute Gasteiger partial charge is 0.473 e. The number of carbonyl (C=O) groups excluding carboxylic acids is 1. The summed E-state index contributed by atoms with van der Waals surface area (Å²) in [7, 11) is -3.31. The number of sulfone groups is 1. The van der Waals surface area contributed by atoms with Crippen LogP contribution in [0, 0.1) is 11.3 Å². The van der Waals surface area contributed by atoms with Gasteiger partial charge >= 0.3 is 6.09 Å². The van der Waals surface area contributed by atoms with Crippen molar-refractivity contribution in [3.63, 3.8) is 0 Å². The molecule has 1 amide bonds. The van der Waals surface area contributed by atoms with Crippen LogP contribution in [0.5, 0.6) is 5.88 Å². The van der Waals surface area contributed by atoms with E-state index in [0.29, 0.717) is 44.7 Å². The van der Waals surface area contributed by atoms with Crippen molar-refractivity contribution in [1.29, 1.82) is 5.26 Å². The highest BCUT2D eigenvalue weighted by molar-refractivity contribution is 7.90. The van der Waals surface area contributed by atoms with Crippen molar-refractivity contribution in [3.8, 4) is 11.9 Å². The van der Waals surface area contributed by atoms with E-state index in [0.717, 1.165) is 11.3 Å². The molecule has 180 valence electrons. The van der Waals surface area contributed by atoms with E-state index in [4.69, 9.17) is 9.47 Å². The SMILES string of the molecule is CC(C)OC(=O)N1CCC(Oc2ncnc(N3CCc4cc(S(C)(=O)=O)ccc43)c2C#N)CC1. The quantitative estimate of drug-likeness (QED) is 0.628. The first kappa shape index (κ1) is 23.8. The third-order valence-electron chi connectivity index (χ3n) is 5.85. The lowest BCUT2D eigenvalue weighted by molar-refractivity contribution is 0.0506. The standard InChI is InChI=1S/C23H27N5O5S/c1-15(2)32-23(29)27-9-7-17(8-10-27)33-22-19(13-24)21(25-14-26-22)28-11-6-16-12-18(34(3,30)31)4-5-20(16)28/h4-5,12,14-15,17H,6-11H2,1-3H3. The third kappa shape index (κ3) is 4.92. The Labute approximate surface area is 199 Å². The Hall–Kier alpha value is -3.39. The molecule has 34 heavy (non-hydrogen) atoms. The van der Waals surface area contributed by atoms with Crippen LogP contribution in [-0.4, -0.2) is 67.5 Å². The highest BCUT2D eigenvalue weighted by atomic mass is 32.2. The Balaban J connectivity index is 1.51. The number of hydrogen-bond acceptors (Lipinski definition) is 9. The van der Waals surface area contributed by atoms with E-state index < -0.39 is 9.84 Å². The van der Waals surface area contributed by atoms with Gasteiger partial charge in [0.15, 0.2) is 21.2 Å². The molecule has 2 aliphatic rings. The molecule has 2 aliphatic heterocycles. The highest BCUT2D eigenvalue weighted by Crippen LogP contribution is 2.38. The molecule has 11 heteroatoms. The highest BCUT2D eigenvalue weighted by Gasteiger charge is 2.30. The van der Waals surface area contributed by atoms with Gasteiger partial charge in [0.2, 0.25) is 5.88 Å². The minimum absolute atomic E-state index is 0.173. The van der Waals surface area contributed by atoms with Crippen LogP contribution in [0.4, 0.5) is 16.3 Å². The van der Waals surface area contributed by atoms with Crippen LogP contribution in [0.15, 0.2) is 29.4 Å². The molecule has 4 rings (SSSR count). The second-order valence-corrected chi connectivity index (χ2v) is 10.7. The van der Waals surface area contributed by atoms with E-state index in [1.165, 1.54) is 12.6 Å². The summed E-state index contributed by atoms with van der Waals surface area (Å²) in [6.45, 7) is 5.18. The molecule has 1 saturated heterocycles. The molecule has 1 fully saturated rings. The summed E-state index contributed by atoms with van der Waals surface area (Å²) in [5.41, 5.74) is 1.92. The number of likely N-dealkylation sites (tertiary alicyclic amines) is 1. The Kier molecular flexibility index (Phi) is 6.61. The van der Waals surface area contributed by atoms with E-state index in [-0.39, 0.29) is 34.6 Å². The lowest BCUT2D eigenvalue weighted by Gasteiger charge is -2.32. The first-order valence-corrected chi connectivity index (χ1v) is 13.0. The van der Waals surface area contributed by atoms with Gasteiger partial charge in [0, 0.05) is 44.4 Å². The lowest BCUT2D eigenvalue weighted by atomic mass is 10.1. The molecule has 3 heterocycles. The van der Waals surface area contributed by atoms with Gasteiger partial charge in [0.1, 0.15) is 18.5 Å². The maximum Gasteiger partial charge on any atom is 0.410 e. The summed E-state index contributed by atoms with van der Waals surface area (Å²) in [4.78, 5) is 24.5. The first-order chi connectivity index (χ1) is 16.2. The topological polar surface area (TPSA) is 126 Å². The molecule has 2 aromatic rings. The van der Waals surface area contributed by atoms with Gasteiger partial charge in [-0.15, -0.1) is 0 Å². The summed E-state index contributed by atoms with van der Waals surface area (Å²) in [5.74, 6) is 0.633. The zero-order chi connectivity index (χ0) is 24.5. The molecule has 0 atom stereocenters. The summed E-state index contributed by atoms with van der Waals surface area (Å²) in [6, 6.07) is 7.16. The smallest absolute Gasteiger partial charge is 0.410 e. The Bertz CT molecular complexity index is 1230. The average Bonchev–Trinajstić information content (AvgIpc) is 3.21. The van der Waals surface area contributed by atoms with Crippen LogP contribution in [0.25, 0.3) is 0 Å². The van der Waals surface area contributed by atoms with Crippen molar-refractivity contribution < 1.29 is 22.7 Å². The molecule has 0 saturated carbocycles. The predicted octanol–water partition coefficient (Wildman–Crippen LogP) is 2.83. The fraction of sp³-hybridized carbons (Fsp3) is 0.478. The number of piperidine rings is 1. The molecular weight excluding hydrogens is 458 g/mol. The van der Waals surface area contributed by atoms with Crippen LogP contribution in [0.1, 0.15) is 37.8 Å². The van der Waals surface area contributed by atoms with Crippen molar-refractivity contribution in [3.05, 3.63) is 35.7 Å². The van der Waals surface area contributed by atoms with Crippen molar-refractivity contribution in [2.45, 2.75) is 50.2 Å². The number of aromatic nitrogens is 2. The zero-order valence-electron chi connectivity index (χ0n) is 19.4. The van der Waals surface area contributed by atoms with E-state index in [9.17, 15) is 18.5 Å². The zero-order valence-corrected chi connectivity index (χ0v) is 20.2. The molecule has 10 nitrogen and oxygen atoms in total. The third-order valence-corrected chi connectivity index (χ3v) is 6.96. The van der Waals surface area contributed by atoms with Gasteiger partial charge in [0.05, 0.1) is 11.0 Å². The molecular formula is C23H27N5O5S. The normalized spacial score (nSPS) is 16.3. The second-order valence-electron chi connectivity index (χ2n) is 8.69. The average molecular weight is 486 g/mol. The van der Waals surface area contributed by atoms with Gasteiger partial charge in [-0.25, -0.2) is 23.2 Å². The molecule has 1 aromatic carbocycles. The number of nitrogens with zero attached hydrogens (tertiary/aromatic N) is 5. The minimum atomic E-state index is -3.31. The van der Waals surface area contributed by atoms with Crippen molar-refractivity contribution in [1.82, 2.24) is 14.9 Å². The summed E-state index contributed by atoms with van der Waals surface area (Å²) >= 11 is 0. The van der Waals surface area contributed by atoms with E-state index in [1.807, 2.05) is 18.7 Å². The van der Waals surface area contributed by atoms with Gasteiger partial charge in [-0.1, -0.05) is 0 Å². The summed E-state index contributed by atoms with van der Waals surface area (Å²) < 4.78 is 35.1. The molecule has 0 unspecified atom stereocenters. The maximum atomic E-state index is 12.1. The van der Waals surface area contributed by atoms with Crippen molar-refractivity contribution >= 4 is 27.4 Å². The van der Waals surface area contributed by atoms with Crippen LogP contribution < -0.4 is 9.64 Å². The predicted molar refractivity (Wildman–Crippen MR) is 124 cm³/mol. The van der Waals surface area contributed by atoms with E-state index in [2.05, 4.69) is 16.0 Å². The Morgan fingerprint density at radius 2 is 1.94 bits per heavy atom. The number of anilines is 2. The molecule has 1 aromatic heterocycles. The number of benzene rings is 1. The lowest BCUT2D eigenvalue weighted by Crippen LogP contribution is -2.42. The van der Waals surface area contributed by atoms with Gasteiger partial charge < -0.3 is 19.3 Å². The fourth-order valence-corrected chi connectivity index (χ4v) is 4.84. The Morgan fingerprint density at radius 1 is 1.21 bits per heavy atom. The van der Waals surface area contributed by atoms with Crippen molar-refractivity contribution in [2.24, 2.45) is 0 Å². The monoisotopic (exact) mass is 485 g/mol. The minimum Gasteiger partial charge on any atom is -0.473 e. The second kappa shape index (κ2) is 9.46. The molecule has 0 aliphatic carbocycles. The summed E-state index contributed by atoms with van der Waals surface area (Å²) in [6.07, 6.45) is 3.67. The van der Waals surface area contributed by atoms with Crippen LogP contribution in [0.2, 0.25) is 0 Å². The van der Waals surface area contributed by atoms with Gasteiger partial charge in [-0.2, -0.15) is 5.26 Å². The summed E-state index contributed by atoms with van der Waals surface area (Å²) in [5, 5.41) is 9.90. The molecule has 0 spiro atoms. The number of amides is 1. The van der Waals surface area contributed by atoms with Crippen LogP contribution >= 0.6 is 0 Å². The fourth-order valence-electron chi connectivity index (χ4n) is 4.17. The van der Waals surface area contributed by atoms with Gasteiger partial charge in [-0.3, -0.25) is 0 Å². The van der Waals surface area contributed by atoms with Crippen LogP contribution in [0.3, 0.4) is 0 Å². The maximum absolute atomic E-state index is 12.1. The van der Waals surface area contributed by atoms with E-state index >= 15 is 0 Å². The molecule has 0 N–H and O–H groups in total. The first-order valence-electron chi connectivity index (χ1n) is 11.1.